The van der Waals surface area contributed by atoms with Crippen molar-refractivity contribution < 1.29 is 13.6 Å². The summed E-state index contributed by atoms with van der Waals surface area (Å²) in [6.45, 7) is 0. The van der Waals surface area contributed by atoms with E-state index in [1.54, 1.807) is 0 Å². The maximum absolute atomic E-state index is 13.0. The fourth-order valence-electron chi connectivity index (χ4n) is 0.823. The molecule has 2 N–H and O–H groups in total. The number of hydrogen-bond donors (Lipinski definition) is 2. The number of hydrazone groups is 1. The number of carbonyl (C=O) groups excluding carboxylic acids is 1. The average molecular weight is 213 g/mol. The van der Waals surface area contributed by atoms with Gasteiger partial charge < -0.3 is 5.32 Å². The molecule has 0 aromatic heterocycles. The second-order valence-corrected chi connectivity index (χ2v) is 2.61. The van der Waals surface area contributed by atoms with Crippen LogP contribution in [0.25, 0.3) is 0 Å². The highest BCUT2D eigenvalue weighted by molar-refractivity contribution is 5.81. The monoisotopic (exact) mass is 213 g/mol. The molecule has 0 saturated heterocycles. The minimum absolute atomic E-state index is 0.0906. The van der Waals surface area contributed by atoms with Crippen molar-refractivity contribution in [3.63, 3.8) is 0 Å². The van der Waals surface area contributed by atoms with Gasteiger partial charge in [0.25, 0.3) is 0 Å². The highest BCUT2D eigenvalue weighted by atomic mass is 19.1. The third-order valence-corrected chi connectivity index (χ3v) is 1.56. The van der Waals surface area contributed by atoms with Crippen molar-refractivity contribution in [2.75, 3.05) is 7.05 Å². The van der Waals surface area contributed by atoms with Gasteiger partial charge in [0.2, 0.25) is 0 Å². The molecule has 2 amide bonds. The maximum atomic E-state index is 13.0. The van der Waals surface area contributed by atoms with Crippen molar-refractivity contribution >= 4 is 12.2 Å². The van der Waals surface area contributed by atoms with Gasteiger partial charge in [0.05, 0.1) is 6.21 Å². The zero-order valence-corrected chi connectivity index (χ0v) is 7.92. The van der Waals surface area contributed by atoms with E-state index >= 15 is 0 Å². The molecule has 0 heterocycles. The first-order valence-electron chi connectivity index (χ1n) is 4.09. The lowest BCUT2D eigenvalue weighted by atomic mass is 10.2. The average Bonchev–Trinajstić information content (AvgIpc) is 2.21. The molecule has 0 spiro atoms. The smallest absolute Gasteiger partial charge is 0.334 e. The number of urea groups is 1. The van der Waals surface area contributed by atoms with E-state index in [2.05, 4.69) is 15.8 Å². The van der Waals surface area contributed by atoms with E-state index in [1.807, 2.05) is 0 Å². The Labute approximate surface area is 85.0 Å². The Morgan fingerprint density at radius 3 is 2.80 bits per heavy atom. The van der Waals surface area contributed by atoms with Crippen LogP contribution in [0.3, 0.4) is 0 Å². The minimum atomic E-state index is -0.738. The third kappa shape index (κ3) is 3.34. The van der Waals surface area contributed by atoms with Crippen LogP contribution >= 0.6 is 0 Å². The van der Waals surface area contributed by atoms with Crippen molar-refractivity contribution in [1.82, 2.24) is 10.7 Å². The molecule has 0 fully saturated rings. The highest BCUT2D eigenvalue weighted by Gasteiger charge is 2.00. The van der Waals surface area contributed by atoms with Crippen molar-refractivity contribution in [2.24, 2.45) is 5.10 Å². The normalized spacial score (nSPS) is 10.3. The van der Waals surface area contributed by atoms with Crippen LogP contribution in [0.4, 0.5) is 13.6 Å². The summed E-state index contributed by atoms with van der Waals surface area (Å²) < 4.78 is 25.5. The topological polar surface area (TPSA) is 53.5 Å². The van der Waals surface area contributed by atoms with Crippen molar-refractivity contribution in [1.29, 1.82) is 0 Å². The number of benzene rings is 1. The molecule has 1 aromatic rings. The molecule has 4 nitrogen and oxygen atoms in total. The number of nitrogens with zero attached hydrogens (tertiary/aromatic N) is 1. The first-order valence-corrected chi connectivity index (χ1v) is 4.09. The molecular weight excluding hydrogens is 204 g/mol. The number of nitrogens with one attached hydrogen (secondary N) is 2. The third-order valence-electron chi connectivity index (χ3n) is 1.56. The lowest BCUT2D eigenvalue weighted by Crippen LogP contribution is -2.28. The van der Waals surface area contributed by atoms with Gasteiger partial charge in [0.1, 0.15) is 11.6 Å². The van der Waals surface area contributed by atoms with Crippen LogP contribution in [0.1, 0.15) is 5.56 Å². The molecule has 1 aromatic carbocycles. The van der Waals surface area contributed by atoms with E-state index in [1.165, 1.54) is 13.1 Å². The Morgan fingerprint density at radius 1 is 1.47 bits per heavy atom. The number of hydrogen-bond acceptors (Lipinski definition) is 2. The van der Waals surface area contributed by atoms with E-state index in [4.69, 9.17) is 0 Å². The number of rotatable bonds is 2. The summed E-state index contributed by atoms with van der Waals surface area (Å²) in [4.78, 5) is 10.7. The van der Waals surface area contributed by atoms with E-state index in [0.29, 0.717) is 0 Å². The zero-order valence-electron chi connectivity index (χ0n) is 7.92. The summed E-state index contributed by atoms with van der Waals surface area (Å²) in [6.07, 6.45) is 1.09. The summed E-state index contributed by atoms with van der Waals surface area (Å²) in [7, 11) is 1.42. The van der Waals surface area contributed by atoms with Gasteiger partial charge in [-0.25, -0.2) is 19.0 Å². The zero-order chi connectivity index (χ0) is 11.3. The predicted molar refractivity (Wildman–Crippen MR) is 51.5 cm³/mol. The second kappa shape index (κ2) is 5.04. The minimum Gasteiger partial charge on any atom is -0.340 e. The van der Waals surface area contributed by atoms with E-state index < -0.39 is 17.7 Å². The largest absolute Gasteiger partial charge is 0.340 e. The van der Waals surface area contributed by atoms with Gasteiger partial charge in [-0.1, -0.05) is 0 Å². The Hall–Kier alpha value is -1.98. The van der Waals surface area contributed by atoms with Crippen LogP contribution in [0.5, 0.6) is 0 Å². The number of amides is 2. The molecule has 0 atom stereocenters. The summed E-state index contributed by atoms with van der Waals surface area (Å²) in [6, 6.07) is 2.54. The predicted octanol–water partition coefficient (Wildman–Crippen LogP) is 1.23. The molecular formula is C9H9F2N3O. The molecule has 0 aliphatic rings. The fraction of sp³-hybridized carbons (Fsp3) is 0.111. The number of halogens is 2. The standard InChI is InChI=1S/C9H9F2N3O/c1-12-9(15)14-13-5-6-2-3-7(10)4-8(6)11/h2-5H,1H3,(H2,12,14,15)/b13-5+. The summed E-state index contributed by atoms with van der Waals surface area (Å²) in [5.74, 6) is -1.40. The first kappa shape index (κ1) is 11.1. The van der Waals surface area contributed by atoms with Gasteiger partial charge in [0, 0.05) is 18.7 Å². The first-order chi connectivity index (χ1) is 7.13. The van der Waals surface area contributed by atoms with E-state index in [-0.39, 0.29) is 5.56 Å². The molecule has 0 aliphatic heterocycles. The van der Waals surface area contributed by atoms with Crippen LogP contribution in [-0.2, 0) is 0 Å². The van der Waals surface area contributed by atoms with E-state index in [0.717, 1.165) is 18.3 Å². The van der Waals surface area contributed by atoms with Crippen LogP contribution in [0, 0.1) is 11.6 Å². The number of carbonyl (C=O) groups is 1. The van der Waals surface area contributed by atoms with Crippen LogP contribution in [0.2, 0.25) is 0 Å². The van der Waals surface area contributed by atoms with Crippen LogP contribution in [0.15, 0.2) is 23.3 Å². The summed E-state index contributed by atoms with van der Waals surface area (Å²) in [5, 5.41) is 5.71. The lowest BCUT2D eigenvalue weighted by Gasteiger charge is -1.97. The molecule has 0 saturated carbocycles. The molecule has 0 bridgehead atoms. The van der Waals surface area contributed by atoms with Crippen LogP contribution in [-0.4, -0.2) is 19.3 Å². The van der Waals surface area contributed by atoms with Crippen molar-refractivity contribution in [3.05, 3.63) is 35.4 Å². The highest BCUT2D eigenvalue weighted by Crippen LogP contribution is 2.06. The Balaban J connectivity index is 2.68. The molecule has 1 rings (SSSR count). The van der Waals surface area contributed by atoms with Gasteiger partial charge in [-0.3, -0.25) is 0 Å². The molecule has 80 valence electrons. The fourth-order valence-corrected chi connectivity index (χ4v) is 0.823. The van der Waals surface area contributed by atoms with Gasteiger partial charge in [-0.05, 0) is 12.1 Å². The van der Waals surface area contributed by atoms with Crippen molar-refractivity contribution in [3.8, 4) is 0 Å². The molecule has 0 unspecified atom stereocenters. The quantitative estimate of drug-likeness (QED) is 0.563. The van der Waals surface area contributed by atoms with Gasteiger partial charge in [0.15, 0.2) is 0 Å². The lowest BCUT2D eigenvalue weighted by molar-refractivity contribution is 0.243. The molecule has 0 radical (unpaired) electrons. The SMILES string of the molecule is CNC(=O)N/N=C/c1ccc(F)cc1F. The van der Waals surface area contributed by atoms with E-state index in [9.17, 15) is 13.6 Å². The van der Waals surface area contributed by atoms with Crippen LogP contribution < -0.4 is 10.7 Å². The second-order valence-electron chi connectivity index (χ2n) is 2.61. The summed E-state index contributed by atoms with van der Waals surface area (Å²) in [5.41, 5.74) is 2.17. The van der Waals surface area contributed by atoms with Crippen molar-refractivity contribution in [2.45, 2.75) is 0 Å². The Bertz CT molecular complexity index is 393. The van der Waals surface area contributed by atoms with Gasteiger partial charge >= 0.3 is 6.03 Å². The maximum Gasteiger partial charge on any atom is 0.334 e. The summed E-state index contributed by atoms with van der Waals surface area (Å²) >= 11 is 0. The Kier molecular flexibility index (Phi) is 3.73. The Morgan fingerprint density at radius 2 is 2.20 bits per heavy atom. The van der Waals surface area contributed by atoms with Gasteiger partial charge in [-0.2, -0.15) is 5.10 Å². The molecule has 6 heteroatoms. The molecule has 0 aliphatic carbocycles. The van der Waals surface area contributed by atoms with Gasteiger partial charge in [-0.15, -0.1) is 0 Å². The molecule has 15 heavy (non-hydrogen) atoms.